The minimum Gasteiger partial charge on any atom is -0.353 e. The molecular formula is C18H18BrNO. The van der Waals surface area contributed by atoms with E-state index in [0.29, 0.717) is 6.54 Å². The maximum Gasteiger partial charge on any atom is 0.217 e. The highest BCUT2D eigenvalue weighted by Crippen LogP contribution is 2.28. The Bertz CT molecular complexity index is 659. The first-order chi connectivity index (χ1) is 10.1. The van der Waals surface area contributed by atoms with Crippen LogP contribution in [0.5, 0.6) is 0 Å². The van der Waals surface area contributed by atoms with E-state index < -0.39 is 0 Å². The van der Waals surface area contributed by atoms with Gasteiger partial charge in [0.05, 0.1) is 0 Å². The summed E-state index contributed by atoms with van der Waals surface area (Å²) in [5.74, 6) is -0.0108. The molecular weight excluding hydrogens is 326 g/mol. The molecule has 0 radical (unpaired) electrons. The van der Waals surface area contributed by atoms with Gasteiger partial charge in [0.2, 0.25) is 5.91 Å². The summed E-state index contributed by atoms with van der Waals surface area (Å²) in [6, 6.07) is 16.6. The summed E-state index contributed by atoms with van der Waals surface area (Å²) in [5.41, 5.74) is 4.68. The molecule has 0 unspecified atom stereocenters. The third-order valence-corrected chi connectivity index (χ3v) is 3.98. The van der Waals surface area contributed by atoms with Gasteiger partial charge in [-0.2, -0.15) is 0 Å². The van der Waals surface area contributed by atoms with Crippen LogP contribution >= 0.6 is 15.9 Å². The van der Waals surface area contributed by atoms with Crippen LogP contribution in [0.3, 0.4) is 0 Å². The van der Waals surface area contributed by atoms with E-state index in [1.807, 2.05) is 24.3 Å². The van der Waals surface area contributed by atoms with Crippen LogP contribution in [0, 0.1) is 0 Å². The first kappa shape index (κ1) is 15.5. The van der Waals surface area contributed by atoms with Crippen molar-refractivity contribution in [2.45, 2.75) is 13.8 Å². The third-order valence-electron chi connectivity index (χ3n) is 3.28. The summed E-state index contributed by atoms with van der Waals surface area (Å²) in [4.78, 5) is 10.9. The highest BCUT2D eigenvalue weighted by Gasteiger charge is 2.02. The van der Waals surface area contributed by atoms with Gasteiger partial charge < -0.3 is 5.32 Å². The number of rotatable bonds is 4. The van der Waals surface area contributed by atoms with E-state index in [4.69, 9.17) is 0 Å². The fraction of sp³-hybridized carbons (Fsp3) is 0.167. The van der Waals surface area contributed by atoms with Gasteiger partial charge in [0, 0.05) is 17.9 Å². The summed E-state index contributed by atoms with van der Waals surface area (Å²) in [6.45, 7) is 4.14. The number of nitrogens with one attached hydrogen (secondary N) is 1. The molecule has 0 atom stereocenters. The summed E-state index contributed by atoms with van der Waals surface area (Å²) in [7, 11) is 0. The maximum absolute atomic E-state index is 10.9. The van der Waals surface area contributed by atoms with Gasteiger partial charge in [0.25, 0.3) is 0 Å². The van der Waals surface area contributed by atoms with Crippen molar-refractivity contribution in [1.82, 2.24) is 5.32 Å². The number of hydrogen-bond acceptors (Lipinski definition) is 1. The maximum atomic E-state index is 10.9. The van der Waals surface area contributed by atoms with Gasteiger partial charge >= 0.3 is 0 Å². The van der Waals surface area contributed by atoms with Gasteiger partial charge in [-0.3, -0.25) is 4.79 Å². The molecule has 0 saturated carbocycles. The van der Waals surface area contributed by atoms with Crippen molar-refractivity contribution < 1.29 is 4.79 Å². The Morgan fingerprint density at radius 1 is 1.10 bits per heavy atom. The predicted molar refractivity (Wildman–Crippen MR) is 91.9 cm³/mol. The van der Waals surface area contributed by atoms with Crippen molar-refractivity contribution in [3.05, 3.63) is 64.6 Å². The average Bonchev–Trinajstić information content (AvgIpc) is 2.47. The van der Waals surface area contributed by atoms with E-state index in [2.05, 4.69) is 58.5 Å². The number of hydrogen-bond donors (Lipinski definition) is 1. The highest BCUT2D eigenvalue weighted by molar-refractivity contribution is 9.10. The number of halogens is 1. The predicted octanol–water partition coefficient (Wildman–Crippen LogP) is 4.66. The molecule has 21 heavy (non-hydrogen) atoms. The molecule has 2 rings (SSSR count). The minimum atomic E-state index is -0.0108. The van der Waals surface area contributed by atoms with Crippen molar-refractivity contribution in [2.24, 2.45) is 0 Å². The van der Waals surface area contributed by atoms with Gasteiger partial charge in [0.15, 0.2) is 0 Å². The first-order valence-electron chi connectivity index (χ1n) is 6.84. The molecule has 108 valence electrons. The van der Waals surface area contributed by atoms with E-state index in [1.165, 1.54) is 18.1 Å². The monoisotopic (exact) mass is 343 g/mol. The summed E-state index contributed by atoms with van der Waals surface area (Å²) in [6.07, 6.45) is 2.02. The molecule has 3 heteroatoms. The average molecular weight is 344 g/mol. The zero-order valence-electron chi connectivity index (χ0n) is 12.2. The van der Waals surface area contributed by atoms with Crippen molar-refractivity contribution in [3.8, 4) is 11.1 Å². The Hall–Kier alpha value is -1.87. The fourth-order valence-corrected chi connectivity index (χ4v) is 2.59. The van der Waals surface area contributed by atoms with Crippen molar-refractivity contribution in [3.63, 3.8) is 0 Å². The van der Waals surface area contributed by atoms with Gasteiger partial charge in [-0.15, -0.1) is 0 Å². The lowest BCUT2D eigenvalue weighted by atomic mass is 10.0. The van der Waals surface area contributed by atoms with E-state index >= 15 is 0 Å². The van der Waals surface area contributed by atoms with Crippen molar-refractivity contribution >= 4 is 27.4 Å². The molecule has 2 nitrogen and oxygen atoms in total. The van der Waals surface area contributed by atoms with Crippen LogP contribution in [0.4, 0.5) is 0 Å². The van der Waals surface area contributed by atoms with Crippen LogP contribution in [-0.2, 0) is 4.79 Å². The minimum absolute atomic E-state index is 0.0108. The second-order valence-corrected chi connectivity index (χ2v) is 5.74. The molecule has 0 heterocycles. The first-order valence-corrected chi connectivity index (χ1v) is 7.64. The van der Waals surface area contributed by atoms with Crippen LogP contribution < -0.4 is 5.32 Å². The van der Waals surface area contributed by atoms with Crippen LogP contribution in [0.1, 0.15) is 19.4 Å². The standard InChI is InChI=1S/C18H18BrNO/c1-13(11-12-20-14(2)21)15-7-9-16(10-8-15)17-5-3-4-6-18(17)19/h3-11H,12H2,1-2H3,(H,20,21)/b13-11-. The molecule has 0 aliphatic carbocycles. The Morgan fingerprint density at radius 3 is 2.38 bits per heavy atom. The third kappa shape index (κ3) is 4.30. The lowest BCUT2D eigenvalue weighted by Gasteiger charge is -2.07. The van der Waals surface area contributed by atoms with Gasteiger partial charge in [0.1, 0.15) is 0 Å². The van der Waals surface area contributed by atoms with Gasteiger partial charge in [-0.1, -0.05) is 64.5 Å². The molecule has 2 aromatic carbocycles. The number of carbonyl (C=O) groups excluding carboxylic acids is 1. The van der Waals surface area contributed by atoms with Gasteiger partial charge in [-0.25, -0.2) is 0 Å². The summed E-state index contributed by atoms with van der Waals surface area (Å²) in [5, 5.41) is 2.77. The zero-order chi connectivity index (χ0) is 15.2. The summed E-state index contributed by atoms with van der Waals surface area (Å²) < 4.78 is 1.09. The Morgan fingerprint density at radius 2 is 1.76 bits per heavy atom. The molecule has 1 amide bonds. The van der Waals surface area contributed by atoms with Crippen LogP contribution in [0.2, 0.25) is 0 Å². The van der Waals surface area contributed by atoms with E-state index in [-0.39, 0.29) is 5.91 Å². The topological polar surface area (TPSA) is 29.1 Å². The molecule has 1 N–H and O–H groups in total. The lowest BCUT2D eigenvalue weighted by Crippen LogP contribution is -2.19. The Labute approximate surface area is 134 Å². The number of allylic oxidation sites excluding steroid dienone is 1. The zero-order valence-corrected chi connectivity index (χ0v) is 13.8. The quantitative estimate of drug-likeness (QED) is 0.859. The van der Waals surface area contributed by atoms with Crippen LogP contribution in [0.15, 0.2) is 59.1 Å². The molecule has 0 aromatic heterocycles. The normalized spacial score (nSPS) is 11.3. The number of carbonyl (C=O) groups is 1. The van der Waals surface area contributed by atoms with Gasteiger partial charge in [-0.05, 0) is 35.3 Å². The SMILES string of the molecule is CC(=O)NC/C=C(/C)c1ccc(-c2ccccc2Br)cc1. The molecule has 0 spiro atoms. The van der Waals surface area contributed by atoms with Crippen molar-refractivity contribution in [2.75, 3.05) is 6.54 Å². The molecule has 0 fully saturated rings. The smallest absolute Gasteiger partial charge is 0.217 e. The molecule has 0 aliphatic rings. The number of benzene rings is 2. The molecule has 0 saturated heterocycles. The fourth-order valence-electron chi connectivity index (χ4n) is 2.07. The molecule has 2 aromatic rings. The second-order valence-electron chi connectivity index (χ2n) is 4.88. The van der Waals surface area contributed by atoms with Crippen molar-refractivity contribution in [1.29, 1.82) is 0 Å². The molecule has 0 bridgehead atoms. The van der Waals surface area contributed by atoms with E-state index in [1.54, 1.807) is 0 Å². The van der Waals surface area contributed by atoms with E-state index in [0.717, 1.165) is 15.6 Å². The Balaban J connectivity index is 2.16. The second kappa shape index (κ2) is 7.23. The number of amides is 1. The lowest BCUT2D eigenvalue weighted by molar-refractivity contribution is -0.118. The van der Waals surface area contributed by atoms with Crippen LogP contribution in [0.25, 0.3) is 16.7 Å². The van der Waals surface area contributed by atoms with E-state index in [9.17, 15) is 4.79 Å². The Kier molecular flexibility index (Phi) is 5.34. The largest absolute Gasteiger partial charge is 0.353 e. The van der Waals surface area contributed by atoms with Crippen LogP contribution in [-0.4, -0.2) is 12.5 Å². The molecule has 0 aliphatic heterocycles. The highest BCUT2D eigenvalue weighted by atomic mass is 79.9. The summed E-state index contributed by atoms with van der Waals surface area (Å²) >= 11 is 3.58.